The van der Waals surface area contributed by atoms with Crippen LogP contribution in [0, 0.1) is 5.92 Å². The van der Waals surface area contributed by atoms with Crippen molar-refractivity contribution >= 4 is 23.1 Å². The van der Waals surface area contributed by atoms with Gasteiger partial charge in [-0.25, -0.2) is 0 Å². The van der Waals surface area contributed by atoms with Crippen LogP contribution in [0.5, 0.6) is 0 Å². The quantitative estimate of drug-likeness (QED) is 0.833. The Morgan fingerprint density at radius 2 is 2.21 bits per heavy atom. The van der Waals surface area contributed by atoms with Gasteiger partial charge in [-0.15, -0.1) is 16.4 Å². The summed E-state index contributed by atoms with van der Waals surface area (Å²) in [4.78, 5) is 12.7. The maximum absolute atomic E-state index is 11.8. The van der Waals surface area contributed by atoms with Crippen molar-refractivity contribution in [1.82, 2.24) is 5.01 Å². The number of rotatable bonds is 2. The molecule has 0 saturated heterocycles. The second kappa shape index (κ2) is 5.33. The fraction of sp³-hybridized carbons (Fsp3) is 0.571. The molecular formula is C14H18N2O2S. The van der Waals surface area contributed by atoms with E-state index in [4.69, 9.17) is 4.74 Å². The monoisotopic (exact) mass is 278 g/mol. The Kier molecular flexibility index (Phi) is 3.55. The summed E-state index contributed by atoms with van der Waals surface area (Å²) in [5.41, 5.74) is 0. The number of thiophene rings is 1. The summed E-state index contributed by atoms with van der Waals surface area (Å²) >= 11 is 1.59. The largest absolute Gasteiger partial charge is 0.449 e. The van der Waals surface area contributed by atoms with Gasteiger partial charge >= 0.3 is 0 Å². The van der Waals surface area contributed by atoms with Crippen molar-refractivity contribution in [3.63, 3.8) is 0 Å². The zero-order valence-electron chi connectivity index (χ0n) is 11.0. The van der Waals surface area contributed by atoms with Gasteiger partial charge in [-0.1, -0.05) is 25.3 Å². The van der Waals surface area contributed by atoms with Crippen molar-refractivity contribution in [3.05, 3.63) is 22.4 Å². The molecule has 19 heavy (non-hydrogen) atoms. The lowest BCUT2D eigenvalue weighted by Crippen LogP contribution is -2.39. The van der Waals surface area contributed by atoms with Crippen molar-refractivity contribution in [2.45, 2.75) is 45.3 Å². The van der Waals surface area contributed by atoms with Gasteiger partial charge in [-0.05, 0) is 24.3 Å². The lowest BCUT2D eigenvalue weighted by atomic mass is 9.88. The number of hydrogen-bond donors (Lipinski definition) is 0. The number of carbonyl (C=O) groups is 1. The van der Waals surface area contributed by atoms with Crippen LogP contribution >= 0.6 is 11.3 Å². The summed E-state index contributed by atoms with van der Waals surface area (Å²) in [6.45, 7) is 1.56. The minimum absolute atomic E-state index is 0.0397. The molecular weight excluding hydrogens is 260 g/mol. The molecule has 1 amide bonds. The Balaban J connectivity index is 1.80. The van der Waals surface area contributed by atoms with Gasteiger partial charge in [0.2, 0.25) is 5.91 Å². The Labute approximate surface area is 117 Å². The van der Waals surface area contributed by atoms with E-state index in [1.807, 2.05) is 17.5 Å². The van der Waals surface area contributed by atoms with Gasteiger partial charge in [0.25, 0.3) is 5.90 Å². The maximum Gasteiger partial charge on any atom is 0.251 e. The van der Waals surface area contributed by atoms with E-state index in [0.29, 0.717) is 11.8 Å². The van der Waals surface area contributed by atoms with Crippen LogP contribution in [0.2, 0.25) is 0 Å². The molecule has 1 atom stereocenters. The molecule has 1 saturated carbocycles. The third-order valence-corrected chi connectivity index (χ3v) is 4.64. The molecule has 1 fully saturated rings. The molecule has 0 aromatic carbocycles. The van der Waals surface area contributed by atoms with E-state index in [1.54, 1.807) is 18.3 Å². The normalized spacial score (nSPS) is 24.2. The summed E-state index contributed by atoms with van der Waals surface area (Å²) in [7, 11) is 0. The van der Waals surface area contributed by atoms with Gasteiger partial charge in [0.15, 0.2) is 6.23 Å². The highest BCUT2D eigenvalue weighted by Crippen LogP contribution is 2.33. The molecule has 0 spiro atoms. The molecule has 0 N–H and O–H groups in total. The molecule has 4 nitrogen and oxygen atoms in total. The minimum atomic E-state index is -0.199. The van der Waals surface area contributed by atoms with Crippen LogP contribution in [0.15, 0.2) is 22.6 Å². The average Bonchev–Trinajstić information content (AvgIpc) is 3.08. The summed E-state index contributed by atoms with van der Waals surface area (Å²) in [5.74, 6) is 0.974. The van der Waals surface area contributed by atoms with E-state index in [0.717, 1.165) is 17.7 Å². The molecule has 1 aromatic heterocycles. The molecule has 102 valence electrons. The van der Waals surface area contributed by atoms with Crippen molar-refractivity contribution in [3.8, 4) is 0 Å². The Hall–Kier alpha value is -1.36. The Morgan fingerprint density at radius 3 is 2.84 bits per heavy atom. The Bertz CT molecular complexity index is 478. The van der Waals surface area contributed by atoms with Gasteiger partial charge < -0.3 is 4.74 Å². The van der Waals surface area contributed by atoms with Crippen LogP contribution in [0.4, 0.5) is 0 Å². The van der Waals surface area contributed by atoms with Crippen molar-refractivity contribution in [1.29, 1.82) is 0 Å². The van der Waals surface area contributed by atoms with Gasteiger partial charge in [0.1, 0.15) is 0 Å². The fourth-order valence-electron chi connectivity index (χ4n) is 2.82. The molecule has 2 aliphatic rings. The maximum atomic E-state index is 11.8. The lowest BCUT2D eigenvalue weighted by molar-refractivity contribution is -0.138. The second-order valence-corrected chi connectivity index (χ2v) is 6.10. The first-order chi connectivity index (χ1) is 9.25. The van der Waals surface area contributed by atoms with Crippen molar-refractivity contribution in [2.75, 3.05) is 0 Å². The second-order valence-electron chi connectivity index (χ2n) is 5.15. The predicted octanol–water partition coefficient (Wildman–Crippen LogP) is 3.19. The molecule has 0 unspecified atom stereocenters. The predicted molar refractivity (Wildman–Crippen MR) is 74.8 cm³/mol. The van der Waals surface area contributed by atoms with Gasteiger partial charge in [0.05, 0.1) is 4.88 Å². The van der Waals surface area contributed by atoms with E-state index < -0.39 is 0 Å². The minimum Gasteiger partial charge on any atom is -0.449 e. The first-order valence-electron chi connectivity index (χ1n) is 6.84. The van der Waals surface area contributed by atoms with Crippen LogP contribution in [-0.4, -0.2) is 23.0 Å². The summed E-state index contributed by atoms with van der Waals surface area (Å²) in [6.07, 6.45) is 5.80. The average molecular weight is 278 g/mol. The molecule has 2 heterocycles. The van der Waals surface area contributed by atoms with Crippen LogP contribution in [0.25, 0.3) is 0 Å². The smallest absolute Gasteiger partial charge is 0.251 e. The molecule has 0 radical (unpaired) electrons. The molecule has 1 aliphatic heterocycles. The molecule has 0 bridgehead atoms. The lowest BCUT2D eigenvalue weighted by Gasteiger charge is -2.30. The van der Waals surface area contributed by atoms with Crippen LogP contribution in [-0.2, 0) is 9.53 Å². The number of hydrogen-bond acceptors (Lipinski definition) is 4. The first-order valence-corrected chi connectivity index (χ1v) is 7.72. The third kappa shape index (κ3) is 2.52. The van der Waals surface area contributed by atoms with Crippen molar-refractivity contribution in [2.24, 2.45) is 11.0 Å². The van der Waals surface area contributed by atoms with E-state index in [-0.39, 0.29) is 12.1 Å². The highest BCUT2D eigenvalue weighted by atomic mass is 32.1. The van der Waals surface area contributed by atoms with Crippen LogP contribution < -0.4 is 0 Å². The van der Waals surface area contributed by atoms with Crippen molar-refractivity contribution < 1.29 is 9.53 Å². The third-order valence-electron chi connectivity index (χ3n) is 3.78. The molecule has 3 rings (SSSR count). The number of hydrazone groups is 1. The number of amides is 1. The molecule has 1 aliphatic carbocycles. The molecule has 1 aromatic rings. The topological polar surface area (TPSA) is 41.9 Å². The van der Waals surface area contributed by atoms with Crippen LogP contribution in [0.3, 0.4) is 0 Å². The molecule has 5 heteroatoms. The Morgan fingerprint density at radius 1 is 1.42 bits per heavy atom. The van der Waals surface area contributed by atoms with E-state index in [2.05, 4.69) is 5.10 Å². The van der Waals surface area contributed by atoms with Crippen LogP contribution in [0.1, 0.15) is 43.9 Å². The van der Waals surface area contributed by atoms with Gasteiger partial charge in [0, 0.05) is 12.8 Å². The summed E-state index contributed by atoms with van der Waals surface area (Å²) in [5, 5.41) is 7.90. The SMILES string of the molecule is CC(=O)N1N=C(c2cccs2)O[C@H]1C1CCCCC1. The first kappa shape index (κ1) is 12.7. The van der Waals surface area contributed by atoms with Gasteiger partial charge in [-0.3, -0.25) is 4.79 Å². The number of ether oxygens (including phenoxy) is 1. The van der Waals surface area contributed by atoms with E-state index >= 15 is 0 Å². The standard InChI is InChI=1S/C14H18N2O2S/c1-10(17)16-14(11-6-3-2-4-7-11)18-13(15-16)12-8-5-9-19-12/h5,8-9,11,14H,2-4,6-7H2,1H3/t14-/m0/s1. The zero-order chi connectivity index (χ0) is 13.2. The zero-order valence-corrected chi connectivity index (χ0v) is 11.9. The summed E-state index contributed by atoms with van der Waals surface area (Å²) < 4.78 is 5.98. The van der Waals surface area contributed by atoms with E-state index in [1.165, 1.54) is 24.3 Å². The highest BCUT2D eigenvalue weighted by molar-refractivity contribution is 7.12. The fourth-order valence-corrected chi connectivity index (χ4v) is 3.47. The summed E-state index contributed by atoms with van der Waals surface area (Å²) in [6, 6.07) is 3.95. The highest BCUT2D eigenvalue weighted by Gasteiger charge is 2.38. The van der Waals surface area contributed by atoms with E-state index in [9.17, 15) is 4.79 Å². The number of nitrogens with zero attached hydrogens (tertiary/aromatic N) is 2. The number of carbonyl (C=O) groups excluding carboxylic acids is 1. The van der Waals surface area contributed by atoms with Gasteiger partial charge in [-0.2, -0.15) is 5.01 Å².